The molecule has 1 atom stereocenters. The summed E-state index contributed by atoms with van der Waals surface area (Å²) in [6.45, 7) is 8.67. The summed E-state index contributed by atoms with van der Waals surface area (Å²) in [5.74, 6) is -0.0709. The van der Waals surface area contributed by atoms with Crippen LogP contribution in [-0.2, 0) is 9.84 Å². The van der Waals surface area contributed by atoms with Gasteiger partial charge in [-0.1, -0.05) is 13.8 Å². The number of nitrogens with zero attached hydrogens (tertiary/aromatic N) is 1. The van der Waals surface area contributed by atoms with Crippen LogP contribution in [0.3, 0.4) is 0 Å². The largest absolute Gasteiger partial charge is 0.338 e. The van der Waals surface area contributed by atoms with Crippen LogP contribution in [0.25, 0.3) is 0 Å². The summed E-state index contributed by atoms with van der Waals surface area (Å²) < 4.78 is 24.3. The second-order valence-corrected chi connectivity index (χ2v) is 9.73. The second-order valence-electron chi connectivity index (χ2n) is 7.23. The molecule has 1 unspecified atom stereocenters. The molecule has 24 heavy (non-hydrogen) atoms. The third kappa shape index (κ3) is 4.10. The van der Waals surface area contributed by atoms with Gasteiger partial charge in [0, 0.05) is 24.7 Å². The maximum absolute atomic E-state index is 12.6. The molecule has 0 radical (unpaired) electrons. The summed E-state index contributed by atoms with van der Waals surface area (Å²) in [4.78, 5) is 14.7. The van der Waals surface area contributed by atoms with E-state index in [0.29, 0.717) is 18.7 Å². The average molecular weight is 375 g/mol. The van der Waals surface area contributed by atoms with Gasteiger partial charge in [-0.2, -0.15) is 0 Å². The van der Waals surface area contributed by atoms with E-state index in [1.165, 1.54) is 12.1 Å². The Morgan fingerprint density at radius 1 is 1.25 bits per heavy atom. The minimum absolute atomic E-state index is 0. The molecule has 2 rings (SSSR count). The Bertz CT molecular complexity index is 684. The van der Waals surface area contributed by atoms with Gasteiger partial charge in [0.25, 0.3) is 5.91 Å². The zero-order valence-corrected chi connectivity index (χ0v) is 16.3. The Morgan fingerprint density at radius 3 is 2.25 bits per heavy atom. The SMILES string of the molecule is CC(C)S(=O)(=O)c1ccc(C(=O)N2CCC(N)C(C)(C)C2)cc1.Cl. The van der Waals surface area contributed by atoms with Gasteiger partial charge in [0.05, 0.1) is 10.1 Å². The van der Waals surface area contributed by atoms with Crippen LogP contribution in [0.1, 0.15) is 44.5 Å². The lowest BCUT2D eigenvalue weighted by atomic mass is 9.79. The topological polar surface area (TPSA) is 80.5 Å². The van der Waals surface area contributed by atoms with Gasteiger partial charge in [0.1, 0.15) is 0 Å². The number of piperidine rings is 1. The van der Waals surface area contributed by atoms with E-state index in [9.17, 15) is 13.2 Å². The molecular weight excluding hydrogens is 348 g/mol. The number of carbonyl (C=O) groups excluding carboxylic acids is 1. The van der Waals surface area contributed by atoms with Crippen molar-refractivity contribution in [2.24, 2.45) is 11.1 Å². The number of hydrogen-bond donors (Lipinski definition) is 1. The molecule has 1 fully saturated rings. The highest BCUT2D eigenvalue weighted by atomic mass is 35.5. The van der Waals surface area contributed by atoms with Gasteiger partial charge < -0.3 is 10.6 Å². The number of likely N-dealkylation sites (tertiary alicyclic amines) is 1. The molecule has 7 heteroatoms. The van der Waals surface area contributed by atoms with Crippen LogP contribution < -0.4 is 5.73 Å². The molecule has 0 saturated carbocycles. The quantitative estimate of drug-likeness (QED) is 0.881. The number of sulfone groups is 1. The first kappa shape index (κ1) is 20.9. The van der Waals surface area contributed by atoms with Crippen molar-refractivity contribution >= 4 is 28.2 Å². The number of rotatable bonds is 3. The first-order valence-corrected chi connectivity index (χ1v) is 9.49. The molecule has 0 aliphatic carbocycles. The van der Waals surface area contributed by atoms with Crippen LogP contribution in [0.2, 0.25) is 0 Å². The third-order valence-electron chi connectivity index (χ3n) is 4.65. The normalized spacial score (nSPS) is 20.6. The summed E-state index contributed by atoms with van der Waals surface area (Å²) in [6, 6.07) is 6.32. The van der Waals surface area contributed by atoms with E-state index in [0.717, 1.165) is 6.42 Å². The van der Waals surface area contributed by atoms with Gasteiger partial charge in [-0.3, -0.25) is 4.79 Å². The van der Waals surface area contributed by atoms with E-state index in [1.54, 1.807) is 30.9 Å². The van der Waals surface area contributed by atoms with Crippen molar-refractivity contribution in [1.82, 2.24) is 4.90 Å². The van der Waals surface area contributed by atoms with E-state index < -0.39 is 15.1 Å². The van der Waals surface area contributed by atoms with Gasteiger partial charge in [-0.25, -0.2) is 8.42 Å². The number of hydrogen-bond acceptors (Lipinski definition) is 4. The van der Waals surface area contributed by atoms with Crippen molar-refractivity contribution in [3.63, 3.8) is 0 Å². The van der Waals surface area contributed by atoms with Crippen LogP contribution >= 0.6 is 12.4 Å². The van der Waals surface area contributed by atoms with Crippen LogP contribution in [0.4, 0.5) is 0 Å². The molecule has 0 spiro atoms. The minimum atomic E-state index is -3.31. The molecule has 1 heterocycles. The maximum Gasteiger partial charge on any atom is 0.253 e. The number of carbonyl (C=O) groups is 1. The minimum Gasteiger partial charge on any atom is -0.338 e. The van der Waals surface area contributed by atoms with Crippen molar-refractivity contribution in [2.45, 2.75) is 50.3 Å². The van der Waals surface area contributed by atoms with Crippen molar-refractivity contribution in [3.05, 3.63) is 29.8 Å². The Labute approximate surface area is 150 Å². The Balaban J connectivity index is 0.00000288. The number of benzene rings is 1. The van der Waals surface area contributed by atoms with Crippen molar-refractivity contribution < 1.29 is 13.2 Å². The lowest BCUT2D eigenvalue weighted by molar-refractivity contribution is 0.0533. The number of nitrogens with two attached hydrogens (primary N) is 1. The fourth-order valence-corrected chi connectivity index (χ4v) is 3.85. The van der Waals surface area contributed by atoms with Crippen LogP contribution in [-0.4, -0.2) is 43.6 Å². The molecule has 5 nitrogen and oxygen atoms in total. The fraction of sp³-hybridized carbons (Fsp3) is 0.588. The van der Waals surface area contributed by atoms with Crippen LogP contribution in [0.5, 0.6) is 0 Å². The first-order chi connectivity index (χ1) is 10.6. The standard InChI is InChI=1S/C17H26N2O3S.ClH/c1-12(2)23(21,22)14-7-5-13(6-8-14)16(20)19-10-9-15(18)17(3,4)11-19;/h5-8,12,15H,9-11,18H2,1-4H3;1H. The van der Waals surface area contributed by atoms with Crippen molar-refractivity contribution in [1.29, 1.82) is 0 Å². The Kier molecular flexibility index (Phi) is 6.47. The molecule has 1 aliphatic heterocycles. The van der Waals surface area contributed by atoms with Crippen molar-refractivity contribution in [2.75, 3.05) is 13.1 Å². The molecule has 1 aliphatic rings. The predicted molar refractivity (Wildman–Crippen MR) is 98.3 cm³/mol. The molecule has 1 amide bonds. The maximum atomic E-state index is 12.6. The van der Waals surface area contributed by atoms with Gasteiger partial charge in [0.15, 0.2) is 9.84 Å². The summed E-state index contributed by atoms with van der Waals surface area (Å²) in [5, 5.41) is -0.478. The van der Waals surface area contributed by atoms with E-state index in [1.807, 2.05) is 0 Å². The Morgan fingerprint density at radius 2 is 1.79 bits per heavy atom. The van der Waals surface area contributed by atoms with E-state index in [-0.39, 0.29) is 34.7 Å². The van der Waals surface area contributed by atoms with Gasteiger partial charge in [-0.05, 0) is 49.9 Å². The zero-order valence-electron chi connectivity index (χ0n) is 14.7. The molecule has 2 N–H and O–H groups in total. The van der Waals surface area contributed by atoms with Crippen LogP contribution in [0.15, 0.2) is 29.2 Å². The smallest absolute Gasteiger partial charge is 0.253 e. The highest BCUT2D eigenvalue weighted by Crippen LogP contribution is 2.28. The summed E-state index contributed by atoms with van der Waals surface area (Å²) in [6.07, 6.45) is 0.776. The van der Waals surface area contributed by atoms with Gasteiger partial charge >= 0.3 is 0 Å². The van der Waals surface area contributed by atoms with Gasteiger partial charge in [-0.15, -0.1) is 12.4 Å². The third-order valence-corrected chi connectivity index (χ3v) is 6.82. The number of halogens is 1. The van der Waals surface area contributed by atoms with E-state index in [2.05, 4.69) is 13.8 Å². The molecular formula is C17H27ClN2O3S. The first-order valence-electron chi connectivity index (χ1n) is 7.94. The summed E-state index contributed by atoms with van der Waals surface area (Å²) in [5.41, 5.74) is 6.50. The zero-order chi connectivity index (χ0) is 17.4. The highest BCUT2D eigenvalue weighted by Gasteiger charge is 2.35. The lowest BCUT2D eigenvalue weighted by Crippen LogP contribution is -2.54. The number of amides is 1. The average Bonchev–Trinajstić information content (AvgIpc) is 2.49. The molecule has 1 aromatic carbocycles. The predicted octanol–water partition coefficient (Wildman–Crippen LogP) is 2.49. The molecule has 1 aromatic rings. The van der Waals surface area contributed by atoms with Crippen LogP contribution in [0, 0.1) is 5.41 Å². The summed E-state index contributed by atoms with van der Waals surface area (Å²) >= 11 is 0. The Hall–Kier alpha value is -1.11. The second kappa shape index (κ2) is 7.42. The molecule has 136 valence electrons. The lowest BCUT2D eigenvalue weighted by Gasteiger charge is -2.42. The molecule has 0 aromatic heterocycles. The fourth-order valence-electron chi connectivity index (χ4n) is 2.79. The van der Waals surface area contributed by atoms with E-state index in [4.69, 9.17) is 5.73 Å². The monoisotopic (exact) mass is 374 g/mol. The van der Waals surface area contributed by atoms with Gasteiger partial charge in [0.2, 0.25) is 0 Å². The summed E-state index contributed by atoms with van der Waals surface area (Å²) in [7, 11) is -3.31. The van der Waals surface area contributed by atoms with Crippen molar-refractivity contribution in [3.8, 4) is 0 Å². The van der Waals surface area contributed by atoms with E-state index >= 15 is 0 Å². The molecule has 0 bridgehead atoms. The highest BCUT2D eigenvalue weighted by molar-refractivity contribution is 7.92. The molecule has 1 saturated heterocycles.